The average Bonchev–Trinajstić information content (AvgIpc) is 3.39. The topological polar surface area (TPSA) is 307 Å². The molecule has 430 valence electrons. The summed E-state index contributed by atoms with van der Waals surface area (Å²) in [5.74, 6) is -0.275. The molecule has 17 atom stereocenters. The summed E-state index contributed by atoms with van der Waals surface area (Å²) in [5.41, 5.74) is 0. The van der Waals surface area contributed by atoms with E-state index >= 15 is 0 Å². The maximum Gasteiger partial charge on any atom is 0.220 e. The molecule has 0 radical (unpaired) electrons. The summed E-state index contributed by atoms with van der Waals surface area (Å²) in [6, 6.07) is -0.965. The van der Waals surface area contributed by atoms with Crippen molar-refractivity contribution in [3.63, 3.8) is 0 Å². The first-order chi connectivity index (χ1) is 35.3. The fourth-order valence-electron chi connectivity index (χ4n) is 9.84. The number of hydrogen-bond donors (Lipinski definition) is 12. The predicted octanol–water partition coefficient (Wildman–Crippen LogP) is 3.82. The summed E-state index contributed by atoms with van der Waals surface area (Å²) in [6.07, 6.45) is 9.15. The molecule has 0 aromatic rings. The number of nitrogens with one attached hydrogen (secondary N) is 1. The van der Waals surface area contributed by atoms with E-state index in [0.29, 0.717) is 6.42 Å². The van der Waals surface area contributed by atoms with Crippen LogP contribution in [0.5, 0.6) is 0 Å². The van der Waals surface area contributed by atoms with E-state index < -0.39 is 124 Å². The van der Waals surface area contributed by atoms with E-state index in [1.165, 1.54) is 122 Å². The van der Waals surface area contributed by atoms with Crippen molar-refractivity contribution in [1.29, 1.82) is 0 Å². The Morgan fingerprint density at radius 2 is 0.849 bits per heavy atom. The van der Waals surface area contributed by atoms with Crippen molar-refractivity contribution < 1.29 is 89.4 Å². The van der Waals surface area contributed by atoms with Crippen LogP contribution >= 0.6 is 0 Å². The highest BCUT2D eigenvalue weighted by molar-refractivity contribution is 5.76. The van der Waals surface area contributed by atoms with Gasteiger partial charge in [-0.3, -0.25) is 4.79 Å². The maximum absolute atomic E-state index is 13.3. The zero-order valence-electron chi connectivity index (χ0n) is 44.4. The number of carbonyl (C=O) groups is 1. The minimum absolute atomic E-state index is 0.248. The van der Waals surface area contributed by atoms with E-state index in [1.807, 2.05) is 6.08 Å². The first kappa shape index (κ1) is 65.8. The highest BCUT2D eigenvalue weighted by Gasteiger charge is 2.53. The molecule has 3 aliphatic rings. The van der Waals surface area contributed by atoms with Crippen LogP contribution in [0.1, 0.15) is 194 Å². The lowest BCUT2D eigenvalue weighted by Gasteiger charge is -2.48. The Morgan fingerprint density at radius 3 is 1.29 bits per heavy atom. The van der Waals surface area contributed by atoms with Crippen LogP contribution in [0.4, 0.5) is 0 Å². The first-order valence-corrected chi connectivity index (χ1v) is 28.4. The van der Waals surface area contributed by atoms with Gasteiger partial charge in [0.1, 0.15) is 73.2 Å². The van der Waals surface area contributed by atoms with Crippen molar-refractivity contribution in [3.8, 4) is 0 Å². The Morgan fingerprint density at radius 1 is 0.479 bits per heavy atom. The molecule has 3 heterocycles. The second kappa shape index (κ2) is 39.0. The fraction of sp³-hybridized carbons (Fsp3) is 0.944. The molecule has 3 aliphatic heterocycles. The van der Waals surface area contributed by atoms with Crippen LogP contribution in [0.15, 0.2) is 12.2 Å². The second-order valence-electron chi connectivity index (χ2n) is 20.8. The van der Waals surface area contributed by atoms with Crippen molar-refractivity contribution in [2.75, 3.05) is 26.4 Å². The van der Waals surface area contributed by atoms with Gasteiger partial charge in [0.25, 0.3) is 0 Å². The highest BCUT2D eigenvalue weighted by atomic mass is 16.8. The first-order valence-electron chi connectivity index (χ1n) is 28.4. The van der Waals surface area contributed by atoms with Gasteiger partial charge in [-0.05, 0) is 19.3 Å². The van der Waals surface area contributed by atoms with E-state index in [9.17, 15) is 61.0 Å². The number of aliphatic hydroxyl groups excluding tert-OH is 11. The molecule has 0 bridgehead atoms. The molecule has 19 nitrogen and oxygen atoms in total. The normalized spacial score (nSPS) is 31.8. The molecular formula is C54H101NO18. The van der Waals surface area contributed by atoms with Gasteiger partial charge in [0.15, 0.2) is 18.9 Å². The number of rotatable bonds is 41. The molecule has 0 saturated carbocycles. The monoisotopic (exact) mass is 1050 g/mol. The number of carbonyl (C=O) groups excluding carboxylic acids is 1. The van der Waals surface area contributed by atoms with E-state index in [-0.39, 0.29) is 18.9 Å². The zero-order valence-corrected chi connectivity index (χ0v) is 44.4. The third kappa shape index (κ3) is 24.0. The lowest BCUT2D eigenvalue weighted by atomic mass is 9.96. The van der Waals surface area contributed by atoms with Crippen molar-refractivity contribution in [3.05, 3.63) is 12.2 Å². The third-order valence-corrected chi connectivity index (χ3v) is 14.6. The van der Waals surface area contributed by atoms with Gasteiger partial charge in [0.05, 0.1) is 38.6 Å². The van der Waals surface area contributed by atoms with Gasteiger partial charge in [-0.1, -0.05) is 180 Å². The highest BCUT2D eigenvalue weighted by Crippen LogP contribution is 2.33. The Labute approximate surface area is 436 Å². The molecule has 3 fully saturated rings. The Kier molecular flexibility index (Phi) is 35.1. The summed E-state index contributed by atoms with van der Waals surface area (Å²) >= 11 is 0. The number of amides is 1. The molecule has 0 aliphatic carbocycles. The molecule has 3 rings (SSSR count). The smallest absolute Gasteiger partial charge is 0.220 e. The molecule has 0 spiro atoms. The average molecular weight is 1050 g/mol. The number of unbranched alkanes of at least 4 members (excludes halogenated alkanes) is 25. The van der Waals surface area contributed by atoms with Gasteiger partial charge in [-0.15, -0.1) is 0 Å². The van der Waals surface area contributed by atoms with Crippen LogP contribution in [-0.2, 0) is 33.2 Å². The molecule has 0 aromatic carbocycles. The molecule has 73 heavy (non-hydrogen) atoms. The summed E-state index contributed by atoms with van der Waals surface area (Å²) < 4.78 is 34.2. The lowest BCUT2D eigenvalue weighted by Crippen LogP contribution is -2.66. The zero-order chi connectivity index (χ0) is 53.4. The summed E-state index contributed by atoms with van der Waals surface area (Å²) in [4.78, 5) is 13.3. The molecule has 0 aromatic heterocycles. The standard InChI is InChI=1S/C54H101NO18/c1-3-5-7-9-11-13-15-17-18-19-20-22-24-26-28-30-32-42(60)55-37(38(59)31-29-27-25-23-21-16-14-12-10-8-6-4-2)36-68-52-48(66)45(63)50(40(34-57)70-52)73-54-49(67)46(64)51(41(35-58)71-54)72-53-47(65)44(62)43(61)39(33-56)69-53/h29,31,37-41,43-54,56-59,61-67H,3-28,30,32-36H2,1-2H3,(H,55,60)/b31-29+. The fourth-order valence-corrected chi connectivity index (χ4v) is 9.84. The van der Waals surface area contributed by atoms with E-state index in [2.05, 4.69) is 19.2 Å². The van der Waals surface area contributed by atoms with E-state index in [1.54, 1.807) is 6.08 Å². The van der Waals surface area contributed by atoms with Gasteiger partial charge < -0.3 is 89.9 Å². The molecule has 17 unspecified atom stereocenters. The number of aliphatic hydroxyl groups is 11. The van der Waals surface area contributed by atoms with Gasteiger partial charge in [-0.25, -0.2) is 0 Å². The van der Waals surface area contributed by atoms with Gasteiger partial charge in [0.2, 0.25) is 5.91 Å². The number of allylic oxidation sites excluding steroid dienone is 1. The quantitative estimate of drug-likeness (QED) is 0.0306. The summed E-state index contributed by atoms with van der Waals surface area (Å²) in [7, 11) is 0. The number of hydrogen-bond acceptors (Lipinski definition) is 18. The minimum Gasteiger partial charge on any atom is -0.394 e. The van der Waals surface area contributed by atoms with Crippen LogP contribution in [-0.4, -0.2) is 193 Å². The minimum atomic E-state index is -1.97. The Bertz CT molecular complexity index is 1400. The van der Waals surface area contributed by atoms with E-state index in [0.717, 1.165) is 44.9 Å². The number of ether oxygens (including phenoxy) is 6. The van der Waals surface area contributed by atoms with Gasteiger partial charge in [-0.2, -0.15) is 0 Å². The van der Waals surface area contributed by atoms with Crippen molar-refractivity contribution >= 4 is 5.91 Å². The predicted molar refractivity (Wildman–Crippen MR) is 273 cm³/mol. The maximum atomic E-state index is 13.3. The largest absolute Gasteiger partial charge is 0.394 e. The summed E-state index contributed by atoms with van der Waals surface area (Å²) in [5, 5.41) is 120. The van der Waals surface area contributed by atoms with Crippen molar-refractivity contribution in [2.45, 2.75) is 298 Å². The van der Waals surface area contributed by atoms with Crippen LogP contribution in [0.2, 0.25) is 0 Å². The molecule has 1 amide bonds. The van der Waals surface area contributed by atoms with Crippen molar-refractivity contribution in [2.24, 2.45) is 0 Å². The molecule has 19 heteroatoms. The summed E-state index contributed by atoms with van der Waals surface area (Å²) in [6.45, 7) is 1.70. The lowest BCUT2D eigenvalue weighted by molar-refractivity contribution is -0.379. The van der Waals surface area contributed by atoms with Gasteiger partial charge >= 0.3 is 0 Å². The molecular weight excluding hydrogens is 951 g/mol. The van der Waals surface area contributed by atoms with Gasteiger partial charge in [0, 0.05) is 6.42 Å². The SMILES string of the molecule is CCCCCCCCCCCC/C=C/C(O)C(COC1OC(CO)C(OC2OC(CO)C(OC3OC(CO)C(O)C(O)C3O)C(O)C2O)C(O)C1O)NC(=O)CCCCCCCCCCCCCCCCCC. The van der Waals surface area contributed by atoms with Crippen LogP contribution in [0, 0.1) is 0 Å². The third-order valence-electron chi connectivity index (χ3n) is 14.6. The molecule has 3 saturated heterocycles. The van der Waals surface area contributed by atoms with Crippen LogP contribution in [0.3, 0.4) is 0 Å². The van der Waals surface area contributed by atoms with Crippen LogP contribution < -0.4 is 5.32 Å². The Hall–Kier alpha value is -1.47. The van der Waals surface area contributed by atoms with Crippen molar-refractivity contribution in [1.82, 2.24) is 5.32 Å². The second-order valence-corrected chi connectivity index (χ2v) is 20.8. The van der Waals surface area contributed by atoms with E-state index in [4.69, 9.17) is 28.4 Å². The Balaban J connectivity index is 1.52. The van der Waals surface area contributed by atoms with Crippen LogP contribution in [0.25, 0.3) is 0 Å². The molecule has 12 N–H and O–H groups in total.